The largest absolute Gasteiger partial charge is 0.481 e. The number of nitrogens with two attached hydrogens (primary N) is 1. The number of phosphoric ester groups is 3. The molecule has 1 fully saturated rings. The topological polar surface area (TPSA) is 404 Å². The maximum absolute atomic E-state index is 12.7. The number of aliphatic hydroxyl groups is 4. The number of carbonyl (C=O) groups is 3. The lowest BCUT2D eigenvalue weighted by Gasteiger charge is -2.30. The van der Waals surface area contributed by atoms with Gasteiger partial charge in [-0.15, -0.1) is 0 Å². The molecule has 0 aliphatic carbocycles. The van der Waals surface area contributed by atoms with Crippen LogP contribution in [0.4, 0.5) is 5.82 Å². The normalized spacial score (nSPS) is 22.8. The van der Waals surface area contributed by atoms with Crippen LogP contribution in [-0.2, 0) is 50.7 Å². The molecular weight excluding hydrogens is 839 g/mol. The Bertz CT molecular complexity index is 1830. The van der Waals surface area contributed by atoms with Gasteiger partial charge in [0.25, 0.3) is 0 Å². The molecule has 1 aliphatic rings. The highest BCUT2D eigenvalue weighted by Crippen LogP contribution is 2.61. The maximum Gasteiger partial charge on any atom is 0.481 e. The van der Waals surface area contributed by atoms with Crippen molar-refractivity contribution in [3.63, 3.8) is 0 Å². The Morgan fingerprint density at radius 3 is 2.34 bits per heavy atom. The molecular formula is C26H44N7O19P3S. The summed E-state index contributed by atoms with van der Waals surface area (Å²) < 4.78 is 62.0. The van der Waals surface area contributed by atoms with E-state index in [1.165, 1.54) is 20.8 Å². The van der Waals surface area contributed by atoms with Gasteiger partial charge in [-0.3, -0.25) is 32.5 Å². The van der Waals surface area contributed by atoms with E-state index < -0.39 is 102 Å². The van der Waals surface area contributed by atoms with E-state index >= 15 is 0 Å². The predicted octanol–water partition coefficient (Wildman–Crippen LogP) is -2.20. The second kappa shape index (κ2) is 20.0. The van der Waals surface area contributed by atoms with E-state index in [9.17, 15) is 68.1 Å². The monoisotopic (exact) mass is 883 g/mol. The van der Waals surface area contributed by atoms with Gasteiger partial charge in [0.2, 0.25) is 16.9 Å². The number of aliphatic hydroxyl groups excluding tert-OH is 4. The molecule has 2 aromatic rings. The van der Waals surface area contributed by atoms with E-state index in [4.69, 9.17) is 19.5 Å². The van der Waals surface area contributed by atoms with Crippen LogP contribution in [0.15, 0.2) is 12.7 Å². The summed E-state index contributed by atoms with van der Waals surface area (Å²) in [5.74, 6) is -1.47. The third-order valence-electron chi connectivity index (χ3n) is 7.58. The minimum Gasteiger partial charge on any atom is -0.393 e. The van der Waals surface area contributed by atoms with Gasteiger partial charge in [-0.25, -0.2) is 28.6 Å². The Balaban J connectivity index is 1.49. The number of nitrogens with one attached hydrogen (secondary N) is 2. The number of hydrogen-bond donors (Lipinski definition) is 11. The van der Waals surface area contributed by atoms with Crippen molar-refractivity contribution >= 4 is 69.1 Å². The van der Waals surface area contributed by atoms with Gasteiger partial charge in [0.1, 0.15) is 42.4 Å². The molecule has 3 rings (SSSR count). The highest BCUT2D eigenvalue weighted by Gasteiger charge is 2.50. The Morgan fingerprint density at radius 2 is 1.70 bits per heavy atom. The van der Waals surface area contributed by atoms with E-state index in [0.29, 0.717) is 0 Å². The zero-order valence-electron chi connectivity index (χ0n) is 29.8. The molecule has 26 nitrogen and oxygen atoms in total. The van der Waals surface area contributed by atoms with Gasteiger partial charge in [-0.2, -0.15) is 4.31 Å². The maximum atomic E-state index is 12.7. The summed E-state index contributed by atoms with van der Waals surface area (Å²) in [5.41, 5.74) is 4.20. The third kappa shape index (κ3) is 14.4. The van der Waals surface area contributed by atoms with E-state index in [2.05, 4.69) is 34.4 Å². The summed E-state index contributed by atoms with van der Waals surface area (Å²) in [6.07, 6.45) is -9.45. The minimum absolute atomic E-state index is 0.0204. The second-order valence-electron chi connectivity index (χ2n) is 12.8. The van der Waals surface area contributed by atoms with Crippen LogP contribution in [0.3, 0.4) is 0 Å². The summed E-state index contributed by atoms with van der Waals surface area (Å²) in [5, 5.41) is 44.5. The molecule has 2 aromatic heterocycles. The molecule has 3 heterocycles. The van der Waals surface area contributed by atoms with Gasteiger partial charge >= 0.3 is 23.5 Å². The Morgan fingerprint density at radius 1 is 1.04 bits per heavy atom. The predicted molar refractivity (Wildman–Crippen MR) is 189 cm³/mol. The molecule has 0 saturated carbocycles. The lowest BCUT2D eigenvalue weighted by atomic mass is 9.87. The summed E-state index contributed by atoms with van der Waals surface area (Å²) in [4.78, 5) is 87.2. The number of amides is 2. The molecule has 0 spiro atoms. The van der Waals surface area contributed by atoms with Crippen LogP contribution in [0.5, 0.6) is 0 Å². The van der Waals surface area contributed by atoms with Gasteiger partial charge in [-0.1, -0.05) is 25.6 Å². The summed E-state index contributed by atoms with van der Waals surface area (Å²) in [6.45, 7) is 1.59. The molecule has 0 bridgehead atoms. The van der Waals surface area contributed by atoms with Crippen LogP contribution in [0.25, 0.3) is 11.2 Å². The highest BCUT2D eigenvalue weighted by molar-refractivity contribution is 8.13. The highest BCUT2D eigenvalue weighted by atomic mass is 32.2. The zero-order valence-corrected chi connectivity index (χ0v) is 33.3. The van der Waals surface area contributed by atoms with Crippen LogP contribution < -0.4 is 16.4 Å². The number of hydrogen-bond acceptors (Lipinski definition) is 20. The molecule has 0 radical (unpaired) electrons. The number of imidazole rings is 1. The van der Waals surface area contributed by atoms with Gasteiger partial charge in [0, 0.05) is 37.1 Å². The number of carbonyl (C=O) groups excluding carboxylic acids is 3. The molecule has 12 N–H and O–H groups in total. The number of fused-ring (bicyclic) bond motifs is 1. The number of nitrogens with zero attached hydrogens (tertiary/aromatic N) is 4. The summed E-state index contributed by atoms with van der Waals surface area (Å²) in [6, 6.07) is 0. The SMILES string of the molecule is CC(O)CC(O)C(=O)SCCNC(=O)CCNC(=O)[C@H](O)C(C)(C)COP(=O)(O)OP(=O)(O)OC[C@H]1O[C@@H](n2cnc3c(N)ncnc32)[C@H](O)[C@@H]1OP(=O)(O)O. The van der Waals surface area contributed by atoms with E-state index in [0.717, 1.165) is 29.0 Å². The molecule has 318 valence electrons. The van der Waals surface area contributed by atoms with Crippen molar-refractivity contribution in [3.05, 3.63) is 12.7 Å². The van der Waals surface area contributed by atoms with Crippen molar-refractivity contribution < 1.29 is 90.7 Å². The number of rotatable bonds is 22. The van der Waals surface area contributed by atoms with Crippen molar-refractivity contribution in [1.82, 2.24) is 30.2 Å². The first kappa shape index (κ1) is 47.9. The first-order chi connectivity index (χ1) is 25.8. The van der Waals surface area contributed by atoms with Crippen molar-refractivity contribution in [3.8, 4) is 0 Å². The number of nitrogen functional groups attached to an aromatic ring is 1. The van der Waals surface area contributed by atoms with Crippen LogP contribution in [0.1, 0.15) is 39.8 Å². The lowest BCUT2D eigenvalue weighted by molar-refractivity contribution is -0.137. The molecule has 4 unspecified atom stereocenters. The fourth-order valence-electron chi connectivity index (χ4n) is 4.80. The summed E-state index contributed by atoms with van der Waals surface area (Å²) in [7, 11) is -16.4. The fourth-order valence-corrected chi connectivity index (χ4v) is 8.32. The molecule has 30 heteroatoms. The van der Waals surface area contributed by atoms with Gasteiger partial charge in [-0.05, 0) is 6.92 Å². The molecule has 9 atom stereocenters. The number of ether oxygens (including phenoxy) is 1. The standard InChI is InChI=1S/C26H44N7O19P3S/c1-13(34)8-14(35)25(40)56-7-6-28-16(36)4-5-29-23(39)20(38)26(2,3)10-49-55(46,47)52-54(44,45)48-9-15-19(51-53(41,42)43)18(37)24(50-15)33-12-32-17-21(27)30-11-31-22(17)33/h11-15,18-20,24,34-35,37-38H,4-10H2,1-3H3,(H,28,36)(H,29,39)(H,44,45)(H,46,47)(H2,27,30,31)(H2,41,42,43)/t13?,14?,15-,18-,19-,20+,24-/m1/s1. The number of anilines is 1. The second-order valence-corrected chi connectivity index (χ2v) is 18.2. The zero-order chi connectivity index (χ0) is 42.2. The number of aromatic nitrogens is 4. The fraction of sp³-hybridized carbons (Fsp3) is 0.692. The number of thioether (sulfide) groups is 1. The summed E-state index contributed by atoms with van der Waals surface area (Å²) >= 11 is 0.759. The quantitative estimate of drug-likeness (QED) is 0.0441. The average Bonchev–Trinajstić information content (AvgIpc) is 3.64. The molecule has 56 heavy (non-hydrogen) atoms. The first-order valence-corrected chi connectivity index (χ1v) is 21.7. The number of phosphoric acid groups is 3. The average molecular weight is 884 g/mol. The van der Waals surface area contributed by atoms with E-state index in [1.54, 1.807) is 0 Å². The Kier molecular flexibility index (Phi) is 17.1. The molecule has 0 aromatic carbocycles. The molecule has 1 aliphatic heterocycles. The third-order valence-corrected chi connectivity index (χ3v) is 11.6. The van der Waals surface area contributed by atoms with Gasteiger partial charge in [0.05, 0.1) is 25.6 Å². The Hall–Kier alpha value is -2.52. The van der Waals surface area contributed by atoms with Gasteiger partial charge < -0.3 is 61.1 Å². The van der Waals surface area contributed by atoms with Crippen molar-refractivity contribution in [2.24, 2.45) is 5.41 Å². The van der Waals surface area contributed by atoms with Crippen LogP contribution in [0.2, 0.25) is 0 Å². The van der Waals surface area contributed by atoms with Gasteiger partial charge in [0.15, 0.2) is 17.7 Å². The van der Waals surface area contributed by atoms with Crippen LogP contribution >= 0.6 is 35.2 Å². The minimum atomic E-state index is -5.59. The van der Waals surface area contributed by atoms with Crippen molar-refractivity contribution in [1.29, 1.82) is 0 Å². The van der Waals surface area contributed by atoms with E-state index in [-0.39, 0.29) is 48.7 Å². The van der Waals surface area contributed by atoms with E-state index in [1.807, 2.05) is 0 Å². The Labute approximate surface area is 321 Å². The van der Waals surface area contributed by atoms with Crippen molar-refractivity contribution in [2.75, 3.05) is 37.8 Å². The van der Waals surface area contributed by atoms with Crippen LogP contribution in [0, 0.1) is 5.41 Å². The van der Waals surface area contributed by atoms with Crippen molar-refractivity contribution in [2.45, 2.75) is 76.5 Å². The smallest absolute Gasteiger partial charge is 0.393 e. The van der Waals surface area contributed by atoms with Crippen LogP contribution in [-0.4, -0.2) is 145 Å². The lowest BCUT2D eigenvalue weighted by Crippen LogP contribution is -2.46. The molecule has 1 saturated heterocycles. The molecule has 2 amide bonds. The first-order valence-electron chi connectivity index (χ1n) is 16.2.